The molecule has 0 spiro atoms. The molecule has 2 atom stereocenters. The Morgan fingerprint density at radius 1 is 1.36 bits per heavy atom. The van der Waals surface area contributed by atoms with Gasteiger partial charge in [0.05, 0.1) is 0 Å². The van der Waals surface area contributed by atoms with E-state index in [9.17, 15) is 18.0 Å². The fourth-order valence-corrected chi connectivity index (χ4v) is 2.97. The minimum Gasteiger partial charge on any atom is -0.484 e. The van der Waals surface area contributed by atoms with Gasteiger partial charge < -0.3 is 15.4 Å². The molecule has 1 aromatic rings. The number of ether oxygens (including phenoxy) is 1. The number of benzene rings is 1. The van der Waals surface area contributed by atoms with Gasteiger partial charge in [0, 0.05) is 13.0 Å². The number of hydrogen-bond donors (Lipinski definition) is 2. The number of piperidine rings is 1. The van der Waals surface area contributed by atoms with Gasteiger partial charge in [0.25, 0.3) is 0 Å². The van der Waals surface area contributed by atoms with E-state index in [0.29, 0.717) is 24.8 Å². The van der Waals surface area contributed by atoms with Gasteiger partial charge in [0.15, 0.2) is 6.61 Å². The number of alkyl halides is 3. The van der Waals surface area contributed by atoms with Gasteiger partial charge in [-0.1, -0.05) is 19.1 Å². The van der Waals surface area contributed by atoms with Crippen LogP contribution in [-0.2, 0) is 11.3 Å². The number of rotatable bonds is 7. The number of halogens is 3. The van der Waals surface area contributed by atoms with Gasteiger partial charge >= 0.3 is 6.18 Å². The van der Waals surface area contributed by atoms with Crippen LogP contribution in [0.3, 0.4) is 0 Å². The van der Waals surface area contributed by atoms with Crippen molar-refractivity contribution in [2.75, 3.05) is 19.7 Å². The van der Waals surface area contributed by atoms with Gasteiger partial charge in [-0.15, -0.1) is 0 Å². The Morgan fingerprint density at radius 2 is 2.08 bits per heavy atom. The molecular weight excluding hydrogens is 333 g/mol. The molecule has 0 aliphatic carbocycles. The molecule has 0 radical (unpaired) electrons. The number of carbonyl (C=O) groups excluding carboxylic acids is 1. The third-order valence-corrected chi connectivity index (χ3v) is 4.46. The second-order valence-corrected chi connectivity index (χ2v) is 6.61. The van der Waals surface area contributed by atoms with Crippen LogP contribution < -0.4 is 15.4 Å². The summed E-state index contributed by atoms with van der Waals surface area (Å²) in [5.41, 5.74) is 0.819. The Bertz CT molecular complexity index is 540. The summed E-state index contributed by atoms with van der Waals surface area (Å²) in [4.78, 5) is 12.1. The SMILES string of the molecule is CC(CC(=O)NCc1ccc(OCC(F)(F)F)cc1)C1CCCNC1. The third kappa shape index (κ3) is 7.34. The molecule has 25 heavy (non-hydrogen) atoms. The van der Waals surface area contributed by atoms with Crippen LogP contribution in [0.1, 0.15) is 31.7 Å². The van der Waals surface area contributed by atoms with Gasteiger partial charge in [0.1, 0.15) is 5.75 Å². The van der Waals surface area contributed by atoms with Gasteiger partial charge in [-0.25, -0.2) is 0 Å². The zero-order valence-electron chi connectivity index (χ0n) is 14.4. The average Bonchev–Trinajstić information content (AvgIpc) is 2.59. The Labute approximate surface area is 146 Å². The van der Waals surface area contributed by atoms with E-state index in [2.05, 4.69) is 22.3 Å². The van der Waals surface area contributed by atoms with E-state index in [1.165, 1.54) is 12.1 Å². The Balaban J connectivity index is 1.72. The molecule has 1 amide bonds. The van der Waals surface area contributed by atoms with Crippen LogP contribution in [0.25, 0.3) is 0 Å². The van der Waals surface area contributed by atoms with Crippen molar-refractivity contribution < 1.29 is 22.7 Å². The summed E-state index contributed by atoms with van der Waals surface area (Å²) in [5, 5.41) is 6.22. The van der Waals surface area contributed by atoms with Crippen molar-refractivity contribution in [3.05, 3.63) is 29.8 Å². The molecule has 0 bridgehead atoms. The Kier molecular flexibility index (Phi) is 7.11. The second-order valence-electron chi connectivity index (χ2n) is 6.61. The van der Waals surface area contributed by atoms with Crippen molar-refractivity contribution >= 4 is 5.91 Å². The van der Waals surface area contributed by atoms with Crippen molar-refractivity contribution in [3.63, 3.8) is 0 Å². The summed E-state index contributed by atoms with van der Waals surface area (Å²) < 4.78 is 40.9. The van der Waals surface area contributed by atoms with Crippen molar-refractivity contribution in [1.29, 1.82) is 0 Å². The number of hydrogen-bond acceptors (Lipinski definition) is 3. The molecule has 4 nitrogen and oxygen atoms in total. The van der Waals surface area contributed by atoms with Gasteiger partial charge in [-0.3, -0.25) is 4.79 Å². The van der Waals surface area contributed by atoms with Crippen LogP contribution in [-0.4, -0.2) is 31.8 Å². The zero-order chi connectivity index (χ0) is 18.3. The maximum absolute atomic E-state index is 12.1. The largest absolute Gasteiger partial charge is 0.484 e. The van der Waals surface area contributed by atoms with E-state index >= 15 is 0 Å². The first-order chi connectivity index (χ1) is 11.8. The molecule has 1 saturated heterocycles. The van der Waals surface area contributed by atoms with Crippen LogP contribution in [0, 0.1) is 11.8 Å². The highest BCUT2D eigenvalue weighted by molar-refractivity contribution is 5.76. The maximum Gasteiger partial charge on any atom is 0.422 e. The normalized spacial score (nSPS) is 19.3. The molecule has 7 heteroatoms. The van der Waals surface area contributed by atoms with E-state index in [-0.39, 0.29) is 11.7 Å². The van der Waals surface area contributed by atoms with Crippen LogP contribution in [0.5, 0.6) is 5.75 Å². The van der Waals surface area contributed by atoms with E-state index in [1.54, 1.807) is 12.1 Å². The molecule has 2 N–H and O–H groups in total. The number of carbonyl (C=O) groups is 1. The predicted octanol–water partition coefficient (Wildman–Crippen LogP) is 3.27. The van der Waals surface area contributed by atoms with Crippen LogP contribution in [0.15, 0.2) is 24.3 Å². The molecular formula is C18H25F3N2O2. The number of amides is 1. The highest BCUT2D eigenvalue weighted by Crippen LogP contribution is 2.22. The van der Waals surface area contributed by atoms with E-state index in [1.807, 2.05) is 0 Å². The highest BCUT2D eigenvalue weighted by Gasteiger charge is 2.28. The molecule has 1 aliphatic rings. The number of nitrogens with one attached hydrogen (secondary N) is 2. The minimum atomic E-state index is -4.35. The fourth-order valence-electron chi connectivity index (χ4n) is 2.97. The Morgan fingerprint density at radius 3 is 2.68 bits per heavy atom. The first kappa shape index (κ1) is 19.6. The van der Waals surface area contributed by atoms with Crippen LogP contribution in [0.4, 0.5) is 13.2 Å². The monoisotopic (exact) mass is 358 g/mol. The quantitative estimate of drug-likeness (QED) is 0.787. The third-order valence-electron chi connectivity index (χ3n) is 4.46. The first-order valence-electron chi connectivity index (χ1n) is 8.59. The fraction of sp³-hybridized carbons (Fsp3) is 0.611. The van der Waals surface area contributed by atoms with Crippen molar-refractivity contribution in [2.24, 2.45) is 11.8 Å². The van der Waals surface area contributed by atoms with Crippen LogP contribution >= 0.6 is 0 Å². The molecule has 2 rings (SSSR count). The zero-order valence-corrected chi connectivity index (χ0v) is 14.4. The molecule has 0 saturated carbocycles. The van der Waals surface area contributed by atoms with Gasteiger partial charge in [-0.2, -0.15) is 13.2 Å². The molecule has 2 unspecified atom stereocenters. The summed E-state index contributed by atoms with van der Waals surface area (Å²) >= 11 is 0. The molecule has 0 aromatic heterocycles. The highest BCUT2D eigenvalue weighted by atomic mass is 19.4. The van der Waals surface area contributed by atoms with Gasteiger partial charge in [-0.05, 0) is 55.5 Å². The standard InChI is InChI=1S/C18H25F3N2O2/c1-13(15-3-2-8-22-11-15)9-17(24)23-10-14-4-6-16(7-5-14)25-12-18(19,20)21/h4-7,13,15,22H,2-3,8-12H2,1H3,(H,23,24). The summed E-state index contributed by atoms with van der Waals surface area (Å²) in [6, 6.07) is 6.26. The Hall–Kier alpha value is -1.76. The maximum atomic E-state index is 12.1. The van der Waals surface area contributed by atoms with Crippen LogP contribution in [0.2, 0.25) is 0 Å². The molecule has 1 aliphatic heterocycles. The summed E-state index contributed by atoms with van der Waals surface area (Å²) in [6.45, 7) is 3.17. The van der Waals surface area contributed by atoms with E-state index in [4.69, 9.17) is 0 Å². The van der Waals surface area contributed by atoms with Crippen molar-refractivity contribution in [1.82, 2.24) is 10.6 Å². The van der Waals surface area contributed by atoms with E-state index in [0.717, 1.165) is 31.5 Å². The first-order valence-corrected chi connectivity index (χ1v) is 8.59. The van der Waals surface area contributed by atoms with Gasteiger partial charge in [0.2, 0.25) is 5.91 Å². The van der Waals surface area contributed by atoms with Crippen molar-refractivity contribution in [3.8, 4) is 5.75 Å². The minimum absolute atomic E-state index is 0.00419. The predicted molar refractivity (Wildman–Crippen MR) is 89.2 cm³/mol. The molecule has 140 valence electrons. The molecule has 1 heterocycles. The summed E-state index contributed by atoms with van der Waals surface area (Å²) in [7, 11) is 0. The van der Waals surface area contributed by atoms with E-state index < -0.39 is 12.8 Å². The topological polar surface area (TPSA) is 50.4 Å². The lowest BCUT2D eigenvalue weighted by Crippen LogP contribution is -2.35. The van der Waals surface area contributed by atoms with Crippen molar-refractivity contribution in [2.45, 2.75) is 38.9 Å². The average molecular weight is 358 g/mol. The lowest BCUT2D eigenvalue weighted by Gasteiger charge is -2.28. The summed E-state index contributed by atoms with van der Waals surface area (Å²) in [6.07, 6.45) is -1.56. The lowest BCUT2D eigenvalue weighted by molar-refractivity contribution is -0.153. The molecule has 1 aromatic carbocycles. The second kappa shape index (κ2) is 9.08. The lowest BCUT2D eigenvalue weighted by atomic mass is 9.85. The molecule has 1 fully saturated rings. The summed E-state index contributed by atoms with van der Waals surface area (Å²) in [5.74, 6) is 1.01. The smallest absolute Gasteiger partial charge is 0.422 e.